The molecule has 0 bridgehead atoms. The number of benzene rings is 1. The molecule has 5 heterocycles. The Morgan fingerprint density at radius 1 is 1.02 bits per heavy atom. The monoisotopic (exact) mass is 653 g/mol. The number of halogens is 5. The summed E-state index contributed by atoms with van der Waals surface area (Å²) in [5.41, 5.74) is 1.04. The lowest BCUT2D eigenvalue weighted by molar-refractivity contribution is -0.137. The summed E-state index contributed by atoms with van der Waals surface area (Å²) in [5, 5.41) is 6.40. The van der Waals surface area contributed by atoms with Crippen LogP contribution in [-0.4, -0.2) is 71.3 Å². The Bertz CT molecular complexity index is 1500. The van der Waals surface area contributed by atoms with Crippen LogP contribution in [0.15, 0.2) is 6.07 Å². The summed E-state index contributed by atoms with van der Waals surface area (Å²) in [4.78, 5) is 15.1. The van der Waals surface area contributed by atoms with Crippen LogP contribution in [-0.2, 0) is 6.18 Å². The Kier molecular flexibility index (Phi) is 11.5. The molecule has 9 nitrogen and oxygen atoms in total. The number of aromatic nitrogens is 3. The summed E-state index contributed by atoms with van der Waals surface area (Å²) in [5.74, 6) is -2.47. The smallest absolute Gasteiger partial charge is 0.417 e. The number of nitrogens with two attached hydrogens (primary N) is 1. The first-order valence-corrected chi connectivity index (χ1v) is 15.9. The predicted octanol–water partition coefficient (Wildman–Crippen LogP) is 6.72. The summed E-state index contributed by atoms with van der Waals surface area (Å²) in [6, 6.07) is 1.54. The Morgan fingerprint density at radius 3 is 2.30 bits per heavy atom. The Morgan fingerprint density at radius 2 is 1.70 bits per heavy atom. The van der Waals surface area contributed by atoms with Gasteiger partial charge in [0.15, 0.2) is 5.82 Å². The molecule has 46 heavy (non-hydrogen) atoms. The highest BCUT2D eigenvalue weighted by atomic mass is 19.4. The molecule has 0 aliphatic carbocycles. The van der Waals surface area contributed by atoms with E-state index >= 15 is 4.39 Å². The maximum absolute atomic E-state index is 16.0. The first kappa shape index (κ1) is 35.3. The molecule has 3 aromatic rings. The number of hydrogen-bond acceptors (Lipinski definition) is 9. The van der Waals surface area contributed by atoms with E-state index in [0.717, 1.165) is 13.0 Å². The first-order valence-electron chi connectivity index (χ1n) is 15.9. The quantitative estimate of drug-likeness (QED) is 0.205. The van der Waals surface area contributed by atoms with Crippen LogP contribution in [0, 0.1) is 18.6 Å². The molecule has 2 saturated heterocycles. The molecule has 3 aliphatic rings. The molecule has 0 amide bonds. The number of alkyl halides is 3. The van der Waals surface area contributed by atoms with Gasteiger partial charge in [0.1, 0.15) is 28.2 Å². The van der Waals surface area contributed by atoms with Crippen molar-refractivity contribution < 1.29 is 31.4 Å². The standard InChI is InChI=1S/C23H25F5N6O2.C7H13N.C2H6/c1-9-7-10(2)36-21-14-19(33-22(35-4)34-20(14)31-6-5-30-9)17(25)18(32-21)12-8-13(29)16(24)11(3)15(12)23(26,27)28;1-3-7-4-2-6-8(7)5-1;1-2/h8-10,30H,5-7,29H2,1-4H3,(H,31,33,34);7H,1-6H2;1-2H3. The third-order valence-corrected chi connectivity index (χ3v) is 8.37. The van der Waals surface area contributed by atoms with Gasteiger partial charge in [-0.25, -0.2) is 13.8 Å². The second-order valence-corrected chi connectivity index (χ2v) is 11.6. The fourth-order valence-electron chi connectivity index (χ4n) is 6.34. The molecule has 3 aliphatic heterocycles. The Balaban J connectivity index is 0.000000408. The van der Waals surface area contributed by atoms with Crippen molar-refractivity contribution in [3.8, 4) is 23.1 Å². The van der Waals surface area contributed by atoms with Crippen molar-refractivity contribution in [1.82, 2.24) is 25.2 Å². The summed E-state index contributed by atoms with van der Waals surface area (Å²) >= 11 is 0. The van der Waals surface area contributed by atoms with Gasteiger partial charge in [-0.15, -0.1) is 0 Å². The zero-order chi connectivity index (χ0) is 33.8. The lowest BCUT2D eigenvalue weighted by Crippen LogP contribution is -2.34. The van der Waals surface area contributed by atoms with Crippen molar-refractivity contribution in [3.63, 3.8) is 0 Å². The Hall–Kier alpha value is -3.52. The molecule has 1 aromatic carbocycles. The molecule has 2 fully saturated rings. The third-order valence-electron chi connectivity index (χ3n) is 8.37. The van der Waals surface area contributed by atoms with E-state index < -0.39 is 52.0 Å². The van der Waals surface area contributed by atoms with Crippen LogP contribution in [0.5, 0.6) is 11.9 Å². The van der Waals surface area contributed by atoms with Crippen LogP contribution in [0.1, 0.15) is 70.9 Å². The second kappa shape index (κ2) is 14.9. The van der Waals surface area contributed by atoms with E-state index in [1.165, 1.54) is 45.9 Å². The van der Waals surface area contributed by atoms with Gasteiger partial charge in [0, 0.05) is 30.7 Å². The van der Waals surface area contributed by atoms with Crippen molar-refractivity contribution in [1.29, 1.82) is 0 Å². The van der Waals surface area contributed by atoms with Crippen LogP contribution >= 0.6 is 0 Å². The zero-order valence-electron chi connectivity index (χ0n) is 27.2. The summed E-state index contributed by atoms with van der Waals surface area (Å²) < 4.78 is 83.6. The number of methoxy groups -OCH3 is 1. The second-order valence-electron chi connectivity index (χ2n) is 11.6. The summed E-state index contributed by atoms with van der Waals surface area (Å²) in [6.45, 7) is 12.4. The van der Waals surface area contributed by atoms with Gasteiger partial charge in [0.2, 0.25) is 5.88 Å². The molecule has 254 valence electrons. The highest BCUT2D eigenvalue weighted by Gasteiger charge is 2.39. The number of nitrogens with zero attached hydrogens (tertiary/aromatic N) is 4. The summed E-state index contributed by atoms with van der Waals surface area (Å²) in [6.07, 6.45) is 0.937. The largest absolute Gasteiger partial charge is 0.474 e. The van der Waals surface area contributed by atoms with Crippen molar-refractivity contribution in [2.75, 3.05) is 44.3 Å². The average Bonchev–Trinajstić information content (AvgIpc) is 3.65. The number of nitrogens with one attached hydrogen (secondary N) is 2. The lowest BCUT2D eigenvalue weighted by Gasteiger charge is -2.21. The maximum Gasteiger partial charge on any atom is 0.417 e. The van der Waals surface area contributed by atoms with Gasteiger partial charge >= 0.3 is 12.2 Å². The SMILES string of the molecule is C1CC2CCCN2C1.CC.COc1nc2c3c(nc(-c4cc(N)c(F)c(C)c4C(F)(F)F)c(F)c3n1)OC(C)CC(C)NCCN2. The highest BCUT2D eigenvalue weighted by Crippen LogP contribution is 2.44. The van der Waals surface area contributed by atoms with Crippen LogP contribution in [0.2, 0.25) is 0 Å². The Labute approximate surface area is 266 Å². The zero-order valence-corrected chi connectivity index (χ0v) is 27.2. The lowest BCUT2D eigenvalue weighted by atomic mass is 9.96. The van der Waals surface area contributed by atoms with E-state index in [2.05, 4.69) is 30.5 Å². The molecular weight excluding hydrogens is 609 g/mol. The van der Waals surface area contributed by atoms with E-state index in [1.807, 2.05) is 20.8 Å². The third kappa shape index (κ3) is 7.54. The molecule has 0 spiro atoms. The fourth-order valence-corrected chi connectivity index (χ4v) is 6.34. The molecule has 6 rings (SSSR count). The van der Waals surface area contributed by atoms with Gasteiger partial charge in [-0.3, -0.25) is 0 Å². The van der Waals surface area contributed by atoms with Gasteiger partial charge in [0.25, 0.3) is 0 Å². The van der Waals surface area contributed by atoms with Gasteiger partial charge in [-0.05, 0) is 77.6 Å². The molecule has 0 saturated carbocycles. The first-order chi connectivity index (χ1) is 21.9. The fraction of sp³-hybridized carbons (Fsp3) is 0.594. The molecular formula is C32H44F5N7O2. The van der Waals surface area contributed by atoms with Crippen LogP contribution in [0.4, 0.5) is 33.5 Å². The highest BCUT2D eigenvalue weighted by molar-refractivity contribution is 5.96. The van der Waals surface area contributed by atoms with Gasteiger partial charge in [-0.1, -0.05) is 13.8 Å². The van der Waals surface area contributed by atoms with Gasteiger partial charge in [-0.2, -0.15) is 23.1 Å². The number of anilines is 2. The number of ether oxygens (including phenoxy) is 2. The molecule has 2 unspecified atom stereocenters. The average molecular weight is 654 g/mol. The van der Waals surface area contributed by atoms with E-state index in [0.29, 0.717) is 25.6 Å². The summed E-state index contributed by atoms with van der Waals surface area (Å²) in [7, 11) is 1.27. The topological polar surface area (TPSA) is 110 Å². The minimum Gasteiger partial charge on any atom is -0.474 e. The van der Waals surface area contributed by atoms with Crippen molar-refractivity contribution in [2.24, 2.45) is 0 Å². The minimum atomic E-state index is -5.03. The molecule has 14 heteroatoms. The minimum absolute atomic E-state index is 0.0374. The number of rotatable bonds is 2. The molecule has 2 aromatic heterocycles. The van der Waals surface area contributed by atoms with E-state index in [4.69, 9.17) is 15.2 Å². The van der Waals surface area contributed by atoms with Gasteiger partial charge in [0.05, 0.1) is 24.5 Å². The number of nitrogen functional groups attached to an aromatic ring is 1. The van der Waals surface area contributed by atoms with Gasteiger partial charge < -0.3 is 30.7 Å². The van der Waals surface area contributed by atoms with Crippen molar-refractivity contribution in [3.05, 3.63) is 28.8 Å². The van der Waals surface area contributed by atoms with E-state index in [-0.39, 0.29) is 34.7 Å². The number of fused-ring (bicyclic) bond motifs is 1. The molecule has 4 N–H and O–H groups in total. The maximum atomic E-state index is 16.0. The van der Waals surface area contributed by atoms with Crippen molar-refractivity contribution in [2.45, 2.75) is 91.1 Å². The molecule has 0 radical (unpaired) electrons. The molecule has 2 atom stereocenters. The van der Waals surface area contributed by atoms with E-state index in [1.54, 1.807) is 6.92 Å². The number of pyridine rings is 1. The van der Waals surface area contributed by atoms with Crippen molar-refractivity contribution >= 4 is 22.4 Å². The van der Waals surface area contributed by atoms with Crippen LogP contribution < -0.4 is 25.8 Å². The van der Waals surface area contributed by atoms with E-state index in [9.17, 15) is 17.6 Å². The van der Waals surface area contributed by atoms with Crippen LogP contribution in [0.25, 0.3) is 22.2 Å². The normalized spacial score (nSPS) is 20.3. The predicted molar refractivity (Wildman–Crippen MR) is 169 cm³/mol. The number of hydrogen-bond donors (Lipinski definition) is 3. The van der Waals surface area contributed by atoms with Crippen LogP contribution in [0.3, 0.4) is 0 Å².